The normalized spacial score (nSPS) is 36.0. The summed E-state index contributed by atoms with van der Waals surface area (Å²) in [7, 11) is 0. The van der Waals surface area contributed by atoms with Crippen LogP contribution in [0.25, 0.3) is 0 Å². The zero-order chi connectivity index (χ0) is 7.84. The standard InChI is InChI=1S/C6H9N3O2/c10-5-3-1-2-7-4(3)8-6(11)9-5/h3-4,7H,1-2H2,(H2,8,9,10,11). The fourth-order valence-electron chi connectivity index (χ4n) is 1.52. The number of hydrogen-bond donors (Lipinski definition) is 3. The minimum atomic E-state index is -0.398. The third kappa shape index (κ3) is 0.970. The van der Waals surface area contributed by atoms with Crippen LogP contribution in [0.4, 0.5) is 4.79 Å². The summed E-state index contributed by atoms with van der Waals surface area (Å²) in [6, 6.07) is -0.398. The Morgan fingerprint density at radius 3 is 3.00 bits per heavy atom. The number of amides is 3. The minimum absolute atomic E-state index is 0.0762. The molecule has 0 aromatic rings. The second-order valence-corrected chi connectivity index (χ2v) is 2.79. The predicted octanol–water partition coefficient (Wildman–Crippen LogP) is -1.24. The molecule has 3 amide bonds. The Morgan fingerprint density at radius 1 is 1.36 bits per heavy atom. The third-order valence-electron chi connectivity index (χ3n) is 2.08. The van der Waals surface area contributed by atoms with Gasteiger partial charge >= 0.3 is 6.03 Å². The highest BCUT2D eigenvalue weighted by atomic mass is 16.2. The Labute approximate surface area is 63.5 Å². The highest BCUT2D eigenvalue weighted by Gasteiger charge is 2.38. The van der Waals surface area contributed by atoms with Crippen molar-refractivity contribution in [1.29, 1.82) is 0 Å². The molecule has 11 heavy (non-hydrogen) atoms. The molecule has 60 valence electrons. The lowest BCUT2D eigenvalue weighted by Gasteiger charge is -2.25. The van der Waals surface area contributed by atoms with E-state index in [0.29, 0.717) is 0 Å². The van der Waals surface area contributed by atoms with Crippen LogP contribution in [0.3, 0.4) is 0 Å². The van der Waals surface area contributed by atoms with Crippen molar-refractivity contribution in [3.8, 4) is 0 Å². The van der Waals surface area contributed by atoms with E-state index in [1.54, 1.807) is 0 Å². The Kier molecular flexibility index (Phi) is 1.32. The lowest BCUT2D eigenvalue weighted by atomic mass is 10.0. The first-order chi connectivity index (χ1) is 5.27. The summed E-state index contributed by atoms with van der Waals surface area (Å²) in [4.78, 5) is 21.8. The van der Waals surface area contributed by atoms with Gasteiger partial charge < -0.3 is 5.32 Å². The van der Waals surface area contributed by atoms with Gasteiger partial charge in [0.25, 0.3) is 0 Å². The Morgan fingerprint density at radius 2 is 2.18 bits per heavy atom. The molecular formula is C6H9N3O2. The molecule has 5 heteroatoms. The fraction of sp³-hybridized carbons (Fsp3) is 0.667. The number of rotatable bonds is 0. The van der Waals surface area contributed by atoms with Crippen LogP contribution in [0, 0.1) is 5.92 Å². The predicted molar refractivity (Wildman–Crippen MR) is 36.6 cm³/mol. The van der Waals surface area contributed by atoms with Gasteiger partial charge in [0.15, 0.2) is 0 Å². The molecule has 0 aliphatic carbocycles. The summed E-state index contributed by atoms with van der Waals surface area (Å²) in [6.07, 6.45) is 0.660. The number of urea groups is 1. The van der Waals surface area contributed by atoms with Crippen molar-refractivity contribution in [3.63, 3.8) is 0 Å². The molecule has 0 aromatic heterocycles. The first-order valence-electron chi connectivity index (χ1n) is 3.62. The highest BCUT2D eigenvalue weighted by Crippen LogP contribution is 2.15. The maximum absolute atomic E-state index is 11.1. The van der Waals surface area contributed by atoms with E-state index in [1.807, 2.05) is 0 Å². The van der Waals surface area contributed by atoms with Gasteiger partial charge in [-0.1, -0.05) is 0 Å². The van der Waals surface area contributed by atoms with Crippen molar-refractivity contribution >= 4 is 11.9 Å². The van der Waals surface area contributed by atoms with Gasteiger partial charge in [-0.15, -0.1) is 0 Å². The monoisotopic (exact) mass is 155 g/mol. The molecule has 0 saturated carbocycles. The number of fused-ring (bicyclic) bond motifs is 1. The van der Waals surface area contributed by atoms with Crippen molar-refractivity contribution < 1.29 is 9.59 Å². The number of nitrogens with one attached hydrogen (secondary N) is 3. The first-order valence-corrected chi connectivity index (χ1v) is 3.62. The molecule has 5 nitrogen and oxygen atoms in total. The molecule has 2 aliphatic rings. The first kappa shape index (κ1) is 6.60. The summed E-state index contributed by atoms with van der Waals surface area (Å²) in [6.45, 7) is 0.795. The zero-order valence-electron chi connectivity index (χ0n) is 5.89. The van der Waals surface area contributed by atoms with Crippen LogP contribution in [-0.4, -0.2) is 24.6 Å². The van der Waals surface area contributed by atoms with Crippen LogP contribution in [0.2, 0.25) is 0 Å². The van der Waals surface area contributed by atoms with Gasteiger partial charge in [-0.2, -0.15) is 0 Å². The van der Waals surface area contributed by atoms with Gasteiger partial charge in [0.1, 0.15) is 0 Å². The van der Waals surface area contributed by atoms with Crippen molar-refractivity contribution in [2.24, 2.45) is 5.92 Å². The van der Waals surface area contributed by atoms with E-state index in [1.165, 1.54) is 0 Å². The second kappa shape index (κ2) is 2.20. The van der Waals surface area contributed by atoms with E-state index in [4.69, 9.17) is 0 Å². The molecule has 2 fully saturated rings. The maximum Gasteiger partial charge on any atom is 0.322 e. The minimum Gasteiger partial charge on any atom is -0.322 e. The summed E-state index contributed by atoms with van der Waals surface area (Å²) < 4.78 is 0. The molecule has 2 atom stereocenters. The molecule has 2 saturated heterocycles. The number of hydrogen-bond acceptors (Lipinski definition) is 3. The smallest absolute Gasteiger partial charge is 0.322 e. The second-order valence-electron chi connectivity index (χ2n) is 2.79. The SMILES string of the molecule is O=C1NC(=O)C2CCNC2N1. The number of carbonyl (C=O) groups excluding carboxylic acids is 2. The van der Waals surface area contributed by atoms with Crippen LogP contribution in [0.1, 0.15) is 6.42 Å². The Balaban J connectivity index is 2.16. The molecule has 0 bridgehead atoms. The highest BCUT2D eigenvalue weighted by molar-refractivity contribution is 5.98. The molecule has 2 rings (SSSR count). The molecule has 2 aliphatic heterocycles. The van der Waals surface area contributed by atoms with Crippen LogP contribution in [0.5, 0.6) is 0 Å². The average molecular weight is 155 g/mol. The molecule has 2 unspecified atom stereocenters. The number of imide groups is 1. The average Bonchev–Trinajstić information content (AvgIpc) is 2.34. The summed E-state index contributed by atoms with van der Waals surface area (Å²) in [5.41, 5.74) is 0. The van der Waals surface area contributed by atoms with Gasteiger partial charge in [-0.05, 0) is 13.0 Å². The van der Waals surface area contributed by atoms with Crippen LogP contribution in [0.15, 0.2) is 0 Å². The van der Waals surface area contributed by atoms with E-state index in [0.717, 1.165) is 13.0 Å². The van der Waals surface area contributed by atoms with Crippen LogP contribution in [-0.2, 0) is 4.79 Å². The van der Waals surface area contributed by atoms with Crippen molar-refractivity contribution in [3.05, 3.63) is 0 Å². The van der Waals surface area contributed by atoms with Crippen molar-refractivity contribution in [2.75, 3.05) is 6.54 Å². The van der Waals surface area contributed by atoms with E-state index in [-0.39, 0.29) is 18.0 Å². The fourth-order valence-corrected chi connectivity index (χ4v) is 1.52. The Hall–Kier alpha value is -1.10. The Bertz CT molecular complexity index is 216. The van der Waals surface area contributed by atoms with Gasteiger partial charge in [-0.25, -0.2) is 4.79 Å². The molecule has 0 aromatic carbocycles. The van der Waals surface area contributed by atoms with Gasteiger partial charge in [0.2, 0.25) is 5.91 Å². The van der Waals surface area contributed by atoms with Gasteiger partial charge in [0.05, 0.1) is 12.1 Å². The van der Waals surface area contributed by atoms with Gasteiger partial charge in [0, 0.05) is 0 Å². The van der Waals surface area contributed by atoms with Crippen LogP contribution < -0.4 is 16.0 Å². The molecule has 2 heterocycles. The molecule has 0 spiro atoms. The lowest BCUT2D eigenvalue weighted by Crippen LogP contribution is -2.59. The topological polar surface area (TPSA) is 70.2 Å². The van der Waals surface area contributed by atoms with E-state index >= 15 is 0 Å². The molecule has 0 radical (unpaired) electrons. The summed E-state index contributed by atoms with van der Waals surface area (Å²) in [5.74, 6) is -0.239. The summed E-state index contributed by atoms with van der Waals surface area (Å²) >= 11 is 0. The number of carbonyl (C=O) groups is 2. The molecule has 3 N–H and O–H groups in total. The van der Waals surface area contributed by atoms with E-state index in [2.05, 4.69) is 16.0 Å². The summed E-state index contributed by atoms with van der Waals surface area (Å²) in [5, 5.41) is 7.88. The zero-order valence-corrected chi connectivity index (χ0v) is 5.89. The van der Waals surface area contributed by atoms with Gasteiger partial charge in [-0.3, -0.25) is 15.4 Å². The maximum atomic E-state index is 11.1. The van der Waals surface area contributed by atoms with Crippen molar-refractivity contribution in [1.82, 2.24) is 16.0 Å². The van der Waals surface area contributed by atoms with E-state index in [9.17, 15) is 9.59 Å². The lowest BCUT2D eigenvalue weighted by molar-refractivity contribution is -0.125. The quantitative estimate of drug-likeness (QED) is 0.410. The molecular weight excluding hydrogens is 146 g/mol. The van der Waals surface area contributed by atoms with E-state index < -0.39 is 6.03 Å². The van der Waals surface area contributed by atoms with Crippen molar-refractivity contribution in [2.45, 2.75) is 12.6 Å². The van der Waals surface area contributed by atoms with Crippen LogP contribution >= 0.6 is 0 Å². The third-order valence-corrected chi connectivity index (χ3v) is 2.08. The largest absolute Gasteiger partial charge is 0.322 e.